The molecule has 0 atom stereocenters. The third-order valence-electron chi connectivity index (χ3n) is 2.46. The van der Waals surface area contributed by atoms with Gasteiger partial charge in [0.05, 0.1) is 9.21 Å². The van der Waals surface area contributed by atoms with Crippen LogP contribution in [0.25, 0.3) is 10.7 Å². The van der Waals surface area contributed by atoms with Crippen molar-refractivity contribution < 1.29 is 0 Å². The summed E-state index contributed by atoms with van der Waals surface area (Å²) in [5.74, 6) is 0.970. The van der Waals surface area contributed by atoms with Crippen molar-refractivity contribution in [1.29, 1.82) is 0 Å². The van der Waals surface area contributed by atoms with Gasteiger partial charge < -0.3 is 0 Å². The number of aryl methyl sites for hydroxylation is 1. The molecule has 2 heterocycles. The van der Waals surface area contributed by atoms with Crippen LogP contribution in [0.2, 0.25) is 9.49 Å². The van der Waals surface area contributed by atoms with Gasteiger partial charge >= 0.3 is 0 Å². The molecule has 17 heavy (non-hydrogen) atoms. The molecule has 2 aromatic rings. The molecule has 5 heteroatoms. The van der Waals surface area contributed by atoms with E-state index in [0.29, 0.717) is 16.9 Å². The summed E-state index contributed by atoms with van der Waals surface area (Å²) in [5, 5.41) is 0.534. The molecule has 0 spiro atoms. The summed E-state index contributed by atoms with van der Waals surface area (Å²) in [6.07, 6.45) is 0. The molecule has 0 saturated carbocycles. The second-order valence-electron chi connectivity index (χ2n) is 4.10. The number of rotatable bonds is 2. The summed E-state index contributed by atoms with van der Waals surface area (Å²) in [6, 6.07) is 3.75. The van der Waals surface area contributed by atoms with Crippen LogP contribution in [-0.4, -0.2) is 9.97 Å². The van der Waals surface area contributed by atoms with Gasteiger partial charge in [-0.1, -0.05) is 37.0 Å². The molecule has 0 saturated heterocycles. The summed E-state index contributed by atoms with van der Waals surface area (Å²) >= 11 is 13.6. The largest absolute Gasteiger partial charge is 0.232 e. The van der Waals surface area contributed by atoms with Crippen molar-refractivity contribution >= 4 is 34.5 Å². The molecule has 90 valence electrons. The average molecular weight is 287 g/mol. The lowest BCUT2D eigenvalue weighted by Crippen LogP contribution is -2.01. The van der Waals surface area contributed by atoms with Gasteiger partial charge in [0.25, 0.3) is 0 Å². The molecule has 0 N–H and O–H groups in total. The van der Waals surface area contributed by atoms with Crippen LogP contribution in [-0.2, 0) is 0 Å². The lowest BCUT2D eigenvalue weighted by atomic mass is 10.0. The van der Waals surface area contributed by atoms with Crippen molar-refractivity contribution in [2.45, 2.75) is 26.7 Å². The zero-order valence-electron chi connectivity index (χ0n) is 9.79. The Kier molecular flexibility index (Phi) is 3.71. The van der Waals surface area contributed by atoms with E-state index in [0.717, 1.165) is 20.5 Å². The third kappa shape index (κ3) is 2.62. The van der Waals surface area contributed by atoms with Crippen molar-refractivity contribution in [3.63, 3.8) is 0 Å². The van der Waals surface area contributed by atoms with Crippen molar-refractivity contribution in [3.05, 3.63) is 32.9 Å². The second kappa shape index (κ2) is 4.92. The number of nitrogens with zero attached hydrogens (tertiary/aromatic N) is 2. The molecular formula is C12H12Cl2N2S. The molecule has 0 aliphatic carbocycles. The fourth-order valence-electron chi connectivity index (χ4n) is 1.75. The average Bonchev–Trinajstić information content (AvgIpc) is 2.63. The minimum absolute atomic E-state index is 0.323. The highest BCUT2D eigenvalue weighted by Crippen LogP contribution is 2.32. The van der Waals surface area contributed by atoms with Crippen LogP contribution in [0.3, 0.4) is 0 Å². The highest BCUT2D eigenvalue weighted by molar-refractivity contribution is 7.19. The summed E-state index contributed by atoms with van der Waals surface area (Å²) in [4.78, 5) is 9.78. The minimum Gasteiger partial charge on any atom is -0.232 e. The van der Waals surface area contributed by atoms with Crippen molar-refractivity contribution in [1.82, 2.24) is 9.97 Å². The first-order chi connectivity index (χ1) is 7.99. The molecule has 0 radical (unpaired) electrons. The minimum atomic E-state index is 0.323. The Balaban J connectivity index is 2.52. The number of thiophene rings is 1. The number of hydrogen-bond acceptors (Lipinski definition) is 3. The first-order valence-corrected chi connectivity index (χ1v) is 6.86. The van der Waals surface area contributed by atoms with E-state index < -0.39 is 0 Å². The van der Waals surface area contributed by atoms with E-state index >= 15 is 0 Å². The smallest absolute Gasteiger partial charge is 0.171 e. The Morgan fingerprint density at radius 2 is 1.88 bits per heavy atom. The highest BCUT2D eigenvalue weighted by Gasteiger charge is 2.14. The Morgan fingerprint density at radius 3 is 2.35 bits per heavy atom. The van der Waals surface area contributed by atoms with Gasteiger partial charge in [0.2, 0.25) is 0 Å². The highest BCUT2D eigenvalue weighted by atomic mass is 35.5. The van der Waals surface area contributed by atoms with E-state index in [1.807, 2.05) is 19.1 Å². The SMILES string of the molecule is Cc1nc(-c2ccc(Cl)s2)nc(Cl)c1C(C)C. The maximum Gasteiger partial charge on any atom is 0.171 e. The van der Waals surface area contributed by atoms with E-state index in [1.54, 1.807) is 0 Å². The lowest BCUT2D eigenvalue weighted by molar-refractivity contribution is 0.831. The number of aromatic nitrogens is 2. The van der Waals surface area contributed by atoms with Gasteiger partial charge in [0.1, 0.15) is 5.15 Å². The molecular weight excluding hydrogens is 275 g/mol. The van der Waals surface area contributed by atoms with Crippen LogP contribution in [0.5, 0.6) is 0 Å². The zero-order chi connectivity index (χ0) is 12.6. The predicted octanol–water partition coefficient (Wildman–Crippen LogP) is 4.94. The summed E-state index contributed by atoms with van der Waals surface area (Å²) in [6.45, 7) is 6.13. The van der Waals surface area contributed by atoms with Gasteiger partial charge in [-0.25, -0.2) is 9.97 Å². The van der Waals surface area contributed by atoms with Gasteiger partial charge in [-0.3, -0.25) is 0 Å². The Morgan fingerprint density at radius 1 is 1.18 bits per heavy atom. The van der Waals surface area contributed by atoms with Crippen molar-refractivity contribution in [3.8, 4) is 10.7 Å². The van der Waals surface area contributed by atoms with Crippen LogP contribution < -0.4 is 0 Å². The maximum atomic E-state index is 6.21. The zero-order valence-corrected chi connectivity index (χ0v) is 12.1. The first kappa shape index (κ1) is 12.8. The predicted molar refractivity (Wildman–Crippen MR) is 74.2 cm³/mol. The monoisotopic (exact) mass is 286 g/mol. The van der Waals surface area contributed by atoms with E-state index in [4.69, 9.17) is 23.2 Å². The standard InChI is InChI=1S/C12H12Cl2N2S/c1-6(2)10-7(3)15-12(16-11(10)14)8-4-5-9(13)17-8/h4-6H,1-3H3. The quantitative estimate of drug-likeness (QED) is 0.731. The van der Waals surface area contributed by atoms with Crippen LogP contribution >= 0.6 is 34.5 Å². The van der Waals surface area contributed by atoms with E-state index in [2.05, 4.69) is 23.8 Å². The third-order valence-corrected chi connectivity index (χ3v) is 3.98. The molecule has 2 aromatic heterocycles. The molecule has 0 aliphatic heterocycles. The Hall–Kier alpha value is -0.640. The molecule has 0 fully saturated rings. The number of halogens is 2. The van der Waals surface area contributed by atoms with Crippen LogP contribution in [0.1, 0.15) is 31.0 Å². The maximum absolute atomic E-state index is 6.21. The van der Waals surface area contributed by atoms with Crippen LogP contribution in [0.4, 0.5) is 0 Å². The Labute approximate surface area is 115 Å². The van der Waals surface area contributed by atoms with E-state index in [9.17, 15) is 0 Å². The topological polar surface area (TPSA) is 25.8 Å². The van der Waals surface area contributed by atoms with Gasteiger partial charge in [-0.2, -0.15) is 0 Å². The van der Waals surface area contributed by atoms with E-state index in [1.165, 1.54) is 11.3 Å². The Bertz CT molecular complexity index is 526. The molecule has 2 nitrogen and oxygen atoms in total. The van der Waals surface area contributed by atoms with E-state index in [-0.39, 0.29) is 0 Å². The van der Waals surface area contributed by atoms with Gasteiger partial charge in [-0.15, -0.1) is 11.3 Å². The van der Waals surface area contributed by atoms with Gasteiger partial charge in [-0.05, 0) is 25.0 Å². The molecule has 0 bridgehead atoms. The second-order valence-corrected chi connectivity index (χ2v) is 6.17. The van der Waals surface area contributed by atoms with Crippen LogP contribution in [0, 0.1) is 6.92 Å². The fourth-order valence-corrected chi connectivity index (χ4v) is 3.16. The molecule has 2 rings (SSSR count). The first-order valence-electron chi connectivity index (χ1n) is 5.28. The summed E-state index contributed by atoms with van der Waals surface area (Å²) < 4.78 is 0.727. The molecule has 0 aromatic carbocycles. The normalized spacial score (nSPS) is 11.2. The molecule has 0 aliphatic rings. The fraction of sp³-hybridized carbons (Fsp3) is 0.333. The molecule has 0 unspecified atom stereocenters. The van der Waals surface area contributed by atoms with Crippen LogP contribution in [0.15, 0.2) is 12.1 Å². The van der Waals surface area contributed by atoms with Gasteiger partial charge in [0, 0.05) is 11.3 Å². The molecule has 0 amide bonds. The van der Waals surface area contributed by atoms with Crippen molar-refractivity contribution in [2.24, 2.45) is 0 Å². The summed E-state index contributed by atoms with van der Waals surface area (Å²) in [5.41, 5.74) is 1.94. The van der Waals surface area contributed by atoms with Crippen molar-refractivity contribution in [2.75, 3.05) is 0 Å². The number of hydrogen-bond donors (Lipinski definition) is 0. The lowest BCUT2D eigenvalue weighted by Gasteiger charge is -2.11. The van der Waals surface area contributed by atoms with Gasteiger partial charge in [0.15, 0.2) is 5.82 Å². The summed E-state index contributed by atoms with van der Waals surface area (Å²) in [7, 11) is 0.